The van der Waals surface area contributed by atoms with E-state index < -0.39 is 0 Å². The van der Waals surface area contributed by atoms with E-state index in [0.717, 1.165) is 18.9 Å². The molecule has 0 atom stereocenters. The molecule has 3 aromatic rings. The summed E-state index contributed by atoms with van der Waals surface area (Å²) in [4.78, 5) is 19.3. The summed E-state index contributed by atoms with van der Waals surface area (Å²) in [6, 6.07) is 21.4. The van der Waals surface area contributed by atoms with Gasteiger partial charge in [0.25, 0.3) is 5.91 Å². The number of benzene rings is 2. The highest BCUT2D eigenvalue weighted by molar-refractivity contribution is 6.04. The Morgan fingerprint density at radius 3 is 2.43 bits per heavy atom. The summed E-state index contributed by atoms with van der Waals surface area (Å²) in [7, 11) is 0. The first-order valence-corrected chi connectivity index (χ1v) is 9.49. The molecular weight excluding hydrogens is 350 g/mol. The van der Waals surface area contributed by atoms with Crippen molar-refractivity contribution in [3.05, 3.63) is 84.1 Å². The minimum Gasteiger partial charge on any atom is -0.492 e. The molecule has 5 nitrogen and oxygen atoms in total. The van der Waals surface area contributed by atoms with Crippen LogP contribution in [0.3, 0.4) is 0 Å². The Morgan fingerprint density at radius 2 is 1.75 bits per heavy atom. The standard InChI is InChI=1S/C23H25N3O2/c1-3-26(17-18-10-6-5-7-11-18)22-15-14-19(16-24-22)23(27)25-20-12-8-9-13-21(20)28-4-2/h5-16H,3-4,17H2,1-2H3,(H,25,27). The van der Waals surface area contributed by atoms with Gasteiger partial charge in [-0.25, -0.2) is 4.98 Å². The zero-order valence-corrected chi connectivity index (χ0v) is 16.3. The third-order valence-electron chi connectivity index (χ3n) is 4.37. The largest absolute Gasteiger partial charge is 0.492 e. The van der Waals surface area contributed by atoms with Crippen molar-refractivity contribution in [2.45, 2.75) is 20.4 Å². The first-order valence-electron chi connectivity index (χ1n) is 9.49. The van der Waals surface area contributed by atoms with Crippen LogP contribution in [0.15, 0.2) is 72.9 Å². The number of carbonyl (C=O) groups excluding carboxylic acids is 1. The Bertz CT molecular complexity index is 895. The molecule has 0 saturated heterocycles. The number of nitrogens with zero attached hydrogens (tertiary/aromatic N) is 2. The molecular formula is C23H25N3O2. The Kier molecular flexibility index (Phi) is 6.63. The maximum Gasteiger partial charge on any atom is 0.257 e. The molecule has 144 valence electrons. The number of hydrogen-bond donors (Lipinski definition) is 1. The first kappa shape index (κ1) is 19.4. The van der Waals surface area contributed by atoms with Gasteiger partial charge in [0.15, 0.2) is 0 Å². The topological polar surface area (TPSA) is 54.5 Å². The quantitative estimate of drug-likeness (QED) is 0.617. The van der Waals surface area contributed by atoms with Crippen molar-refractivity contribution in [2.24, 2.45) is 0 Å². The zero-order chi connectivity index (χ0) is 19.8. The fraction of sp³-hybridized carbons (Fsp3) is 0.217. The van der Waals surface area contributed by atoms with Crippen molar-refractivity contribution in [3.63, 3.8) is 0 Å². The molecule has 0 aliphatic rings. The van der Waals surface area contributed by atoms with Crippen molar-refractivity contribution in [3.8, 4) is 5.75 Å². The van der Waals surface area contributed by atoms with Crippen molar-refractivity contribution < 1.29 is 9.53 Å². The van der Waals surface area contributed by atoms with Gasteiger partial charge in [0.05, 0.1) is 17.9 Å². The minimum atomic E-state index is -0.211. The predicted octanol–water partition coefficient (Wildman–Crippen LogP) is 4.76. The van der Waals surface area contributed by atoms with E-state index in [1.54, 1.807) is 12.3 Å². The average Bonchev–Trinajstić information content (AvgIpc) is 2.74. The fourth-order valence-corrected chi connectivity index (χ4v) is 2.91. The molecule has 1 amide bonds. The van der Waals surface area contributed by atoms with Gasteiger partial charge in [0.1, 0.15) is 11.6 Å². The highest BCUT2D eigenvalue weighted by Crippen LogP contribution is 2.24. The number of rotatable bonds is 8. The van der Waals surface area contributed by atoms with Crippen LogP contribution in [0, 0.1) is 0 Å². The van der Waals surface area contributed by atoms with E-state index in [1.807, 2.05) is 55.5 Å². The van der Waals surface area contributed by atoms with Gasteiger partial charge in [-0.1, -0.05) is 42.5 Å². The summed E-state index contributed by atoms with van der Waals surface area (Å²) in [5, 5.41) is 2.90. The molecule has 0 unspecified atom stereocenters. The number of amides is 1. The highest BCUT2D eigenvalue weighted by atomic mass is 16.5. The number of ether oxygens (including phenoxy) is 1. The second-order valence-corrected chi connectivity index (χ2v) is 6.29. The Labute approximate surface area is 166 Å². The monoisotopic (exact) mass is 375 g/mol. The maximum absolute atomic E-state index is 12.6. The van der Waals surface area contributed by atoms with E-state index >= 15 is 0 Å². The molecule has 0 aliphatic carbocycles. The molecule has 0 saturated carbocycles. The number of para-hydroxylation sites is 2. The van der Waals surface area contributed by atoms with Crippen LogP contribution in [0.25, 0.3) is 0 Å². The number of anilines is 2. The van der Waals surface area contributed by atoms with Crippen LogP contribution in [0.2, 0.25) is 0 Å². The van der Waals surface area contributed by atoms with Crippen molar-refractivity contribution in [2.75, 3.05) is 23.4 Å². The number of nitrogens with one attached hydrogen (secondary N) is 1. The summed E-state index contributed by atoms with van der Waals surface area (Å²) < 4.78 is 5.56. The molecule has 28 heavy (non-hydrogen) atoms. The van der Waals surface area contributed by atoms with E-state index in [4.69, 9.17) is 4.74 Å². The van der Waals surface area contributed by atoms with Gasteiger partial charge in [-0.05, 0) is 43.7 Å². The summed E-state index contributed by atoms with van der Waals surface area (Å²) in [5.74, 6) is 1.29. The number of hydrogen-bond acceptors (Lipinski definition) is 4. The van der Waals surface area contributed by atoms with Crippen molar-refractivity contribution in [1.82, 2.24) is 4.98 Å². The summed E-state index contributed by atoms with van der Waals surface area (Å²) in [6.07, 6.45) is 1.61. The van der Waals surface area contributed by atoms with Crippen LogP contribution in [0.5, 0.6) is 5.75 Å². The van der Waals surface area contributed by atoms with E-state index in [1.165, 1.54) is 5.56 Å². The second kappa shape index (κ2) is 9.55. The van der Waals surface area contributed by atoms with Gasteiger partial charge >= 0.3 is 0 Å². The van der Waals surface area contributed by atoms with Gasteiger partial charge < -0.3 is 15.0 Å². The van der Waals surface area contributed by atoms with Gasteiger partial charge in [-0.2, -0.15) is 0 Å². The lowest BCUT2D eigenvalue weighted by molar-refractivity contribution is 0.102. The molecule has 0 spiro atoms. The summed E-state index contributed by atoms with van der Waals surface area (Å²) in [5.41, 5.74) is 2.38. The number of carbonyl (C=O) groups is 1. The number of aromatic nitrogens is 1. The van der Waals surface area contributed by atoms with Crippen LogP contribution in [-0.4, -0.2) is 24.0 Å². The average molecular weight is 375 g/mol. The van der Waals surface area contributed by atoms with Crippen molar-refractivity contribution >= 4 is 17.4 Å². The van der Waals surface area contributed by atoms with Crippen LogP contribution in [0.4, 0.5) is 11.5 Å². The highest BCUT2D eigenvalue weighted by Gasteiger charge is 2.12. The smallest absolute Gasteiger partial charge is 0.257 e. The molecule has 0 bridgehead atoms. The third kappa shape index (κ3) is 4.88. The lowest BCUT2D eigenvalue weighted by atomic mass is 10.2. The molecule has 5 heteroatoms. The molecule has 0 radical (unpaired) electrons. The molecule has 0 fully saturated rings. The third-order valence-corrected chi connectivity index (χ3v) is 4.37. The lowest BCUT2D eigenvalue weighted by Crippen LogP contribution is -2.23. The molecule has 2 aromatic carbocycles. The normalized spacial score (nSPS) is 10.4. The van der Waals surface area contributed by atoms with E-state index in [0.29, 0.717) is 23.6 Å². The molecule has 1 heterocycles. The molecule has 0 aliphatic heterocycles. The summed E-state index contributed by atoms with van der Waals surface area (Å²) in [6.45, 7) is 6.15. The Hall–Kier alpha value is -3.34. The SMILES string of the molecule is CCOc1ccccc1NC(=O)c1ccc(N(CC)Cc2ccccc2)nc1. The van der Waals surface area contributed by atoms with Gasteiger partial charge in [0.2, 0.25) is 0 Å². The molecule has 1 N–H and O–H groups in total. The maximum atomic E-state index is 12.6. The van der Waals surface area contributed by atoms with Crippen molar-refractivity contribution in [1.29, 1.82) is 0 Å². The van der Waals surface area contributed by atoms with Crippen LogP contribution < -0.4 is 15.0 Å². The molecule has 1 aromatic heterocycles. The van der Waals surface area contributed by atoms with Crippen LogP contribution in [0.1, 0.15) is 29.8 Å². The fourth-order valence-electron chi connectivity index (χ4n) is 2.91. The van der Waals surface area contributed by atoms with Gasteiger partial charge in [-0.3, -0.25) is 4.79 Å². The zero-order valence-electron chi connectivity index (χ0n) is 16.3. The number of pyridine rings is 1. The second-order valence-electron chi connectivity index (χ2n) is 6.29. The van der Waals surface area contributed by atoms with Gasteiger partial charge in [-0.15, -0.1) is 0 Å². The predicted molar refractivity (Wildman–Crippen MR) is 113 cm³/mol. The molecule has 3 rings (SSSR count). The van der Waals surface area contributed by atoms with E-state index in [9.17, 15) is 4.79 Å². The lowest BCUT2D eigenvalue weighted by Gasteiger charge is -2.22. The first-order chi connectivity index (χ1) is 13.7. The van der Waals surface area contributed by atoms with Crippen LogP contribution in [-0.2, 0) is 6.54 Å². The van der Waals surface area contributed by atoms with Crippen LogP contribution >= 0.6 is 0 Å². The van der Waals surface area contributed by atoms with E-state index in [-0.39, 0.29) is 5.91 Å². The Morgan fingerprint density at radius 1 is 1.00 bits per heavy atom. The van der Waals surface area contributed by atoms with Gasteiger partial charge in [0, 0.05) is 19.3 Å². The summed E-state index contributed by atoms with van der Waals surface area (Å²) >= 11 is 0. The van der Waals surface area contributed by atoms with E-state index in [2.05, 4.69) is 34.3 Å². The Balaban J connectivity index is 1.70. The minimum absolute atomic E-state index is 0.211.